The predicted octanol–water partition coefficient (Wildman–Crippen LogP) is 8.34. The van der Waals surface area contributed by atoms with Gasteiger partial charge in [-0.05, 0) is 72.4 Å². The Hall–Kier alpha value is -4.30. The number of methoxy groups -OCH3 is 1. The SMILES string of the molecule is C=O.C=O.CC(C)C.COc1cc(-c2ccc(F)cc2)c(C)cc1Nc1ncc(Cl)c(Nc2ccccc2C)n1. The van der Waals surface area contributed by atoms with Crippen LogP contribution in [0.25, 0.3) is 11.1 Å². The van der Waals surface area contributed by atoms with Crippen LogP contribution in [0.2, 0.25) is 5.02 Å². The highest BCUT2D eigenvalue weighted by atomic mass is 35.5. The van der Waals surface area contributed by atoms with Crippen molar-refractivity contribution >= 4 is 48.3 Å². The van der Waals surface area contributed by atoms with Crippen molar-refractivity contribution in [3.63, 3.8) is 0 Å². The number of aryl methyl sites for hydroxylation is 2. The van der Waals surface area contributed by atoms with Gasteiger partial charge in [0, 0.05) is 5.69 Å². The van der Waals surface area contributed by atoms with Crippen molar-refractivity contribution < 1.29 is 18.7 Å². The largest absolute Gasteiger partial charge is 0.495 e. The summed E-state index contributed by atoms with van der Waals surface area (Å²) in [6.07, 6.45) is 1.55. The van der Waals surface area contributed by atoms with Crippen LogP contribution in [-0.2, 0) is 9.59 Å². The zero-order chi connectivity index (χ0) is 30.2. The highest BCUT2D eigenvalue weighted by Gasteiger charge is 2.13. The fourth-order valence-electron chi connectivity index (χ4n) is 3.37. The second-order valence-electron chi connectivity index (χ2n) is 9.06. The van der Waals surface area contributed by atoms with Gasteiger partial charge in [0.05, 0.1) is 19.0 Å². The maximum Gasteiger partial charge on any atom is 0.229 e. The number of hydrogen-bond donors (Lipinski definition) is 2. The van der Waals surface area contributed by atoms with Gasteiger partial charge in [0.1, 0.15) is 30.2 Å². The van der Waals surface area contributed by atoms with Crippen molar-refractivity contribution in [3.8, 4) is 16.9 Å². The number of carbonyl (C=O) groups is 2. The van der Waals surface area contributed by atoms with Gasteiger partial charge in [-0.2, -0.15) is 4.98 Å². The van der Waals surface area contributed by atoms with Crippen LogP contribution in [0.1, 0.15) is 31.9 Å². The second kappa shape index (κ2) is 17.3. The topological polar surface area (TPSA) is 93.2 Å². The van der Waals surface area contributed by atoms with Crippen molar-refractivity contribution in [2.24, 2.45) is 5.92 Å². The van der Waals surface area contributed by atoms with Gasteiger partial charge in [-0.1, -0.05) is 62.7 Å². The lowest BCUT2D eigenvalue weighted by Crippen LogP contribution is -2.03. The van der Waals surface area contributed by atoms with Crippen LogP contribution in [-0.4, -0.2) is 30.7 Å². The number of rotatable bonds is 6. The van der Waals surface area contributed by atoms with Gasteiger partial charge in [0.2, 0.25) is 5.95 Å². The molecule has 0 spiro atoms. The summed E-state index contributed by atoms with van der Waals surface area (Å²) in [4.78, 5) is 24.8. The molecule has 0 saturated heterocycles. The lowest BCUT2D eigenvalue weighted by molar-refractivity contribution is -0.0987. The Kier molecular flexibility index (Phi) is 14.6. The molecule has 0 saturated carbocycles. The van der Waals surface area contributed by atoms with E-state index in [0.717, 1.165) is 33.9 Å². The molecule has 2 N–H and O–H groups in total. The van der Waals surface area contributed by atoms with E-state index in [1.165, 1.54) is 12.1 Å². The van der Waals surface area contributed by atoms with Crippen molar-refractivity contribution in [3.05, 3.63) is 88.8 Å². The Balaban J connectivity index is 0.000000902. The van der Waals surface area contributed by atoms with E-state index in [0.29, 0.717) is 28.2 Å². The van der Waals surface area contributed by atoms with Gasteiger partial charge >= 0.3 is 0 Å². The molecule has 40 heavy (non-hydrogen) atoms. The molecule has 9 heteroatoms. The quantitative estimate of drug-likeness (QED) is 0.242. The Morgan fingerprint density at radius 1 is 0.875 bits per heavy atom. The summed E-state index contributed by atoms with van der Waals surface area (Å²) in [5.41, 5.74) is 5.54. The fourth-order valence-corrected chi connectivity index (χ4v) is 3.51. The predicted molar refractivity (Wildman–Crippen MR) is 163 cm³/mol. The molecule has 0 bridgehead atoms. The molecule has 0 radical (unpaired) electrons. The van der Waals surface area contributed by atoms with Gasteiger partial charge in [-0.25, -0.2) is 9.37 Å². The van der Waals surface area contributed by atoms with Gasteiger partial charge in [-0.15, -0.1) is 0 Å². The van der Waals surface area contributed by atoms with Crippen LogP contribution in [0.3, 0.4) is 0 Å². The Morgan fingerprint density at radius 3 is 2.05 bits per heavy atom. The summed E-state index contributed by atoms with van der Waals surface area (Å²) in [5, 5.41) is 6.88. The molecule has 1 heterocycles. The lowest BCUT2D eigenvalue weighted by atomic mass is 9.99. The van der Waals surface area contributed by atoms with E-state index in [1.807, 2.05) is 63.8 Å². The Bertz CT molecular complexity index is 1350. The number of para-hydroxylation sites is 1. The van der Waals surface area contributed by atoms with Crippen molar-refractivity contribution in [2.45, 2.75) is 34.6 Å². The molecule has 212 valence electrons. The minimum absolute atomic E-state index is 0.272. The highest BCUT2D eigenvalue weighted by Crippen LogP contribution is 2.36. The number of carbonyl (C=O) groups excluding carboxylic acids is 2. The molecule has 0 atom stereocenters. The Labute approximate surface area is 240 Å². The van der Waals surface area contributed by atoms with Crippen LogP contribution < -0.4 is 15.4 Å². The summed E-state index contributed by atoms with van der Waals surface area (Å²) in [6.45, 7) is 14.5. The van der Waals surface area contributed by atoms with Crippen LogP contribution in [0, 0.1) is 25.6 Å². The Morgan fingerprint density at radius 2 is 1.48 bits per heavy atom. The second-order valence-corrected chi connectivity index (χ2v) is 9.47. The molecule has 0 aliphatic carbocycles. The average molecular weight is 567 g/mol. The van der Waals surface area contributed by atoms with Crippen molar-refractivity contribution in [1.29, 1.82) is 0 Å². The fraction of sp³-hybridized carbons (Fsp3) is 0.226. The highest BCUT2D eigenvalue weighted by molar-refractivity contribution is 6.32. The third kappa shape index (κ3) is 10.1. The van der Waals surface area contributed by atoms with Crippen LogP contribution >= 0.6 is 11.6 Å². The first kappa shape index (κ1) is 33.7. The minimum Gasteiger partial charge on any atom is -0.495 e. The summed E-state index contributed by atoms with van der Waals surface area (Å²) in [5.74, 6) is 2.04. The molecule has 1 aromatic heterocycles. The number of halogens is 2. The van der Waals surface area contributed by atoms with Gasteiger partial charge in [0.15, 0.2) is 5.82 Å². The van der Waals surface area contributed by atoms with E-state index in [1.54, 1.807) is 25.4 Å². The normalized spacial score (nSPS) is 9.62. The molecule has 0 amide bonds. The molecule has 0 aliphatic rings. The lowest BCUT2D eigenvalue weighted by Gasteiger charge is -2.16. The van der Waals surface area contributed by atoms with E-state index in [9.17, 15) is 4.39 Å². The average Bonchev–Trinajstić information content (AvgIpc) is 2.94. The number of benzene rings is 3. The maximum absolute atomic E-state index is 13.3. The monoisotopic (exact) mass is 566 g/mol. The first-order valence-corrected chi connectivity index (χ1v) is 12.7. The molecular weight excluding hydrogens is 531 g/mol. The maximum atomic E-state index is 13.3. The summed E-state index contributed by atoms with van der Waals surface area (Å²) >= 11 is 6.32. The number of anilines is 4. The number of nitrogens with one attached hydrogen (secondary N) is 2. The standard InChI is InChI=1S/C25H22ClFN4O.C4H10.2CH2O/c1-15-6-4-5-7-21(15)29-24-20(26)14-28-25(31-24)30-22-12-16(2)19(13-23(22)32-3)17-8-10-18(27)11-9-17;1-4(2)3;2*1-2/h4-14H,1-3H3,(H2,28,29,30,31);4H,1-3H3;2*1H2. The van der Waals surface area contributed by atoms with Crippen molar-refractivity contribution in [1.82, 2.24) is 9.97 Å². The molecule has 3 aromatic carbocycles. The van der Waals surface area contributed by atoms with E-state index in [2.05, 4.69) is 41.4 Å². The van der Waals surface area contributed by atoms with E-state index >= 15 is 0 Å². The third-order valence-corrected chi connectivity index (χ3v) is 5.37. The van der Waals surface area contributed by atoms with Crippen LogP contribution in [0.15, 0.2) is 66.9 Å². The van der Waals surface area contributed by atoms with Crippen LogP contribution in [0.4, 0.5) is 27.5 Å². The summed E-state index contributed by atoms with van der Waals surface area (Å²) in [7, 11) is 1.60. The summed E-state index contributed by atoms with van der Waals surface area (Å²) < 4.78 is 18.9. The molecule has 0 aliphatic heterocycles. The van der Waals surface area contributed by atoms with E-state index in [-0.39, 0.29) is 5.82 Å². The zero-order valence-corrected chi connectivity index (χ0v) is 24.5. The third-order valence-electron chi connectivity index (χ3n) is 5.09. The van der Waals surface area contributed by atoms with Crippen LogP contribution in [0.5, 0.6) is 5.75 Å². The van der Waals surface area contributed by atoms with Crippen molar-refractivity contribution in [2.75, 3.05) is 17.7 Å². The number of ether oxygens (including phenoxy) is 1. The smallest absolute Gasteiger partial charge is 0.229 e. The van der Waals surface area contributed by atoms with E-state index < -0.39 is 0 Å². The first-order valence-electron chi connectivity index (χ1n) is 12.3. The first-order chi connectivity index (χ1) is 19.2. The number of hydrogen-bond acceptors (Lipinski definition) is 7. The number of aromatic nitrogens is 2. The minimum atomic E-state index is -0.272. The van der Waals surface area contributed by atoms with Gasteiger partial charge in [-0.3, -0.25) is 0 Å². The molecule has 4 aromatic rings. The zero-order valence-electron chi connectivity index (χ0n) is 23.7. The molecular formula is C31H36ClFN4O3. The molecule has 0 fully saturated rings. The summed E-state index contributed by atoms with van der Waals surface area (Å²) in [6, 6.07) is 18.1. The number of nitrogens with zero attached hydrogens (tertiary/aromatic N) is 2. The molecule has 0 unspecified atom stereocenters. The van der Waals surface area contributed by atoms with E-state index in [4.69, 9.17) is 25.9 Å². The molecule has 4 rings (SSSR count). The van der Waals surface area contributed by atoms with Gasteiger partial charge in [0.25, 0.3) is 0 Å². The molecule has 7 nitrogen and oxygen atoms in total. The van der Waals surface area contributed by atoms with Gasteiger partial charge < -0.3 is 25.0 Å².